The lowest BCUT2D eigenvalue weighted by atomic mass is 9.73. The highest BCUT2D eigenvalue weighted by molar-refractivity contribution is 6.23. The number of fused-ring (bicyclic) bond motifs is 5. The summed E-state index contributed by atoms with van der Waals surface area (Å²) >= 11 is 0. The Morgan fingerprint density at radius 1 is 1.18 bits per heavy atom. The van der Waals surface area contributed by atoms with Crippen LogP contribution in [0.15, 0.2) is 36.4 Å². The molecule has 1 N–H and O–H groups in total. The maximum absolute atomic E-state index is 12.9. The molecule has 0 unspecified atom stereocenters. The standard InChI is InChI=1S/C17H17NO4/c1-10-5-3-4-6-11(10)18-14(20)12-13(15(18)21)17(9-19)8-7-16(12,2)22-17/h3-8,12-13,19H,9H2,1-2H3/t12-,13-,16-,17+/m1/s1. The van der Waals surface area contributed by atoms with Crippen LogP contribution < -0.4 is 4.90 Å². The van der Waals surface area contributed by atoms with E-state index in [1.165, 1.54) is 4.90 Å². The van der Waals surface area contributed by atoms with E-state index in [9.17, 15) is 14.7 Å². The number of nitrogens with zero attached hydrogens (tertiary/aromatic N) is 1. The van der Waals surface area contributed by atoms with Crippen molar-refractivity contribution in [3.05, 3.63) is 42.0 Å². The number of hydrogen-bond acceptors (Lipinski definition) is 4. The molecular weight excluding hydrogens is 282 g/mol. The van der Waals surface area contributed by atoms with Crippen molar-refractivity contribution in [2.24, 2.45) is 11.8 Å². The third-order valence-corrected chi connectivity index (χ3v) is 5.16. The van der Waals surface area contributed by atoms with E-state index in [0.717, 1.165) is 5.56 Å². The van der Waals surface area contributed by atoms with Crippen LogP contribution in [0.2, 0.25) is 0 Å². The Hall–Kier alpha value is -1.98. The quantitative estimate of drug-likeness (QED) is 0.658. The van der Waals surface area contributed by atoms with Gasteiger partial charge in [0, 0.05) is 0 Å². The molecule has 5 nitrogen and oxygen atoms in total. The molecule has 3 aliphatic heterocycles. The van der Waals surface area contributed by atoms with Crippen molar-refractivity contribution in [3.63, 3.8) is 0 Å². The van der Waals surface area contributed by atoms with E-state index in [1.54, 1.807) is 25.1 Å². The normalized spacial score (nSPS) is 39.0. The molecule has 0 saturated carbocycles. The van der Waals surface area contributed by atoms with Gasteiger partial charge in [0.05, 0.1) is 29.7 Å². The minimum Gasteiger partial charge on any atom is -0.393 e. The van der Waals surface area contributed by atoms with Crippen molar-refractivity contribution in [3.8, 4) is 0 Å². The highest BCUT2D eigenvalue weighted by Gasteiger charge is 2.72. The molecule has 0 aliphatic carbocycles. The summed E-state index contributed by atoms with van der Waals surface area (Å²) in [7, 11) is 0. The Bertz CT molecular complexity index is 727. The molecule has 0 spiro atoms. The monoisotopic (exact) mass is 299 g/mol. The van der Waals surface area contributed by atoms with Crippen LogP contribution in [0.25, 0.3) is 0 Å². The molecule has 2 amide bonds. The van der Waals surface area contributed by atoms with E-state index < -0.39 is 23.0 Å². The summed E-state index contributed by atoms with van der Waals surface area (Å²) in [6.07, 6.45) is 3.54. The van der Waals surface area contributed by atoms with Gasteiger partial charge >= 0.3 is 0 Å². The lowest BCUT2D eigenvalue weighted by Crippen LogP contribution is -2.43. The second-order valence-electron chi connectivity index (χ2n) is 6.49. The number of aliphatic hydroxyl groups is 1. The van der Waals surface area contributed by atoms with Crippen LogP contribution in [0, 0.1) is 18.8 Å². The topological polar surface area (TPSA) is 66.8 Å². The zero-order valence-electron chi connectivity index (χ0n) is 12.4. The minimum atomic E-state index is -1.07. The van der Waals surface area contributed by atoms with Crippen LogP contribution in [0.3, 0.4) is 0 Å². The fourth-order valence-electron chi connectivity index (χ4n) is 4.09. The zero-order chi connectivity index (χ0) is 15.7. The average molecular weight is 299 g/mol. The summed E-state index contributed by atoms with van der Waals surface area (Å²) in [5.41, 5.74) is -0.405. The summed E-state index contributed by atoms with van der Waals surface area (Å²) < 4.78 is 5.89. The summed E-state index contributed by atoms with van der Waals surface area (Å²) in [6, 6.07) is 7.33. The van der Waals surface area contributed by atoms with Gasteiger partial charge in [0.15, 0.2) is 0 Å². The number of hydrogen-bond donors (Lipinski definition) is 1. The predicted molar refractivity (Wildman–Crippen MR) is 79.1 cm³/mol. The first-order chi connectivity index (χ1) is 10.4. The lowest BCUT2D eigenvalue weighted by Gasteiger charge is -2.27. The molecule has 5 heteroatoms. The van der Waals surface area contributed by atoms with Crippen molar-refractivity contribution in [1.29, 1.82) is 0 Å². The van der Waals surface area contributed by atoms with Crippen molar-refractivity contribution < 1.29 is 19.4 Å². The number of carbonyl (C=O) groups is 2. The highest BCUT2D eigenvalue weighted by atomic mass is 16.5. The molecule has 1 aromatic carbocycles. The number of imide groups is 1. The van der Waals surface area contributed by atoms with Gasteiger partial charge in [0.2, 0.25) is 11.8 Å². The molecule has 3 aliphatic rings. The maximum Gasteiger partial charge on any atom is 0.241 e. The van der Waals surface area contributed by atoms with E-state index in [2.05, 4.69) is 0 Å². The number of aryl methyl sites for hydroxylation is 1. The van der Waals surface area contributed by atoms with Gasteiger partial charge in [-0.05, 0) is 25.5 Å². The van der Waals surface area contributed by atoms with E-state index in [-0.39, 0.29) is 18.4 Å². The SMILES string of the molecule is Cc1ccccc1N1C(=O)[C@H]2[C@H](C1=O)[C@@]1(CO)C=C[C@@]2(C)O1. The summed E-state index contributed by atoms with van der Waals surface area (Å²) in [5.74, 6) is -1.76. The first-order valence-electron chi connectivity index (χ1n) is 7.38. The Morgan fingerprint density at radius 3 is 2.55 bits per heavy atom. The Labute approximate surface area is 128 Å². The summed E-state index contributed by atoms with van der Waals surface area (Å²) in [6.45, 7) is 3.37. The van der Waals surface area contributed by atoms with Crippen LogP contribution in [-0.4, -0.2) is 34.7 Å². The van der Waals surface area contributed by atoms with Crippen LogP contribution in [0.5, 0.6) is 0 Å². The average Bonchev–Trinajstić information content (AvgIpc) is 3.07. The number of rotatable bonds is 2. The van der Waals surface area contributed by atoms with Crippen molar-refractivity contribution in [2.45, 2.75) is 25.0 Å². The second-order valence-corrected chi connectivity index (χ2v) is 6.49. The van der Waals surface area contributed by atoms with Gasteiger partial charge < -0.3 is 9.84 Å². The molecule has 22 heavy (non-hydrogen) atoms. The lowest BCUT2D eigenvalue weighted by molar-refractivity contribution is -0.131. The molecule has 3 heterocycles. The van der Waals surface area contributed by atoms with Crippen LogP contribution in [0.1, 0.15) is 12.5 Å². The van der Waals surface area contributed by atoms with Gasteiger partial charge in [-0.15, -0.1) is 0 Å². The fraction of sp³-hybridized carbons (Fsp3) is 0.412. The van der Waals surface area contributed by atoms with Crippen LogP contribution >= 0.6 is 0 Å². The number of ether oxygens (including phenoxy) is 1. The molecule has 0 radical (unpaired) electrons. The van der Waals surface area contributed by atoms with Crippen molar-refractivity contribution >= 4 is 17.5 Å². The number of para-hydroxylation sites is 1. The number of benzene rings is 1. The maximum atomic E-state index is 12.9. The highest BCUT2D eigenvalue weighted by Crippen LogP contribution is 2.57. The molecular formula is C17H17NO4. The third kappa shape index (κ3) is 1.40. The molecule has 0 aromatic heterocycles. The number of aliphatic hydroxyl groups excluding tert-OH is 1. The first-order valence-corrected chi connectivity index (χ1v) is 7.38. The van der Waals surface area contributed by atoms with Gasteiger partial charge in [0.1, 0.15) is 5.60 Å². The molecule has 4 rings (SSSR count). The number of amides is 2. The van der Waals surface area contributed by atoms with Gasteiger partial charge in [-0.3, -0.25) is 9.59 Å². The van der Waals surface area contributed by atoms with Gasteiger partial charge in [-0.1, -0.05) is 30.4 Å². The predicted octanol–water partition coefficient (Wildman–Crippen LogP) is 1.19. The van der Waals surface area contributed by atoms with E-state index in [1.807, 2.05) is 25.1 Å². The van der Waals surface area contributed by atoms with Crippen molar-refractivity contribution in [2.75, 3.05) is 11.5 Å². The van der Waals surface area contributed by atoms with Crippen LogP contribution in [-0.2, 0) is 14.3 Å². The summed E-state index contributed by atoms with van der Waals surface area (Å²) in [4.78, 5) is 27.1. The molecule has 114 valence electrons. The zero-order valence-corrected chi connectivity index (χ0v) is 12.4. The van der Waals surface area contributed by atoms with E-state index >= 15 is 0 Å². The smallest absolute Gasteiger partial charge is 0.241 e. The first kappa shape index (κ1) is 13.7. The Morgan fingerprint density at radius 2 is 1.86 bits per heavy atom. The van der Waals surface area contributed by atoms with Gasteiger partial charge in [-0.25, -0.2) is 4.90 Å². The molecule has 2 saturated heterocycles. The van der Waals surface area contributed by atoms with Crippen molar-refractivity contribution in [1.82, 2.24) is 0 Å². The molecule has 2 bridgehead atoms. The third-order valence-electron chi connectivity index (χ3n) is 5.16. The van der Waals surface area contributed by atoms with E-state index in [4.69, 9.17) is 4.74 Å². The molecule has 4 atom stereocenters. The van der Waals surface area contributed by atoms with Crippen LogP contribution in [0.4, 0.5) is 5.69 Å². The molecule has 2 fully saturated rings. The fourth-order valence-corrected chi connectivity index (χ4v) is 4.09. The Kier molecular flexibility index (Phi) is 2.52. The number of carbonyl (C=O) groups excluding carboxylic acids is 2. The largest absolute Gasteiger partial charge is 0.393 e. The second kappa shape index (κ2) is 4.06. The number of anilines is 1. The van der Waals surface area contributed by atoms with Gasteiger partial charge in [0.25, 0.3) is 0 Å². The summed E-state index contributed by atoms with van der Waals surface area (Å²) in [5, 5.41) is 9.76. The minimum absolute atomic E-state index is 0.244. The molecule has 1 aromatic rings. The van der Waals surface area contributed by atoms with E-state index in [0.29, 0.717) is 5.69 Å². The van der Waals surface area contributed by atoms with Gasteiger partial charge in [-0.2, -0.15) is 0 Å². The Balaban J connectivity index is 1.84.